The van der Waals surface area contributed by atoms with Crippen molar-refractivity contribution in [2.24, 2.45) is 5.10 Å². The number of benzene rings is 3. The smallest absolute Gasteiger partial charge is 0.307 e. The van der Waals surface area contributed by atoms with Crippen molar-refractivity contribution in [2.45, 2.75) is 13.5 Å². The fourth-order valence-corrected chi connectivity index (χ4v) is 4.93. The van der Waals surface area contributed by atoms with E-state index in [-0.39, 0.29) is 5.76 Å². The van der Waals surface area contributed by atoms with E-state index in [4.69, 9.17) is 13.9 Å². The largest absolute Gasteiger partial charge is 0.493 e. The normalized spacial score (nSPS) is 11.2. The first kappa shape index (κ1) is 24.5. The van der Waals surface area contributed by atoms with Gasteiger partial charge in [-0.2, -0.15) is 5.10 Å². The zero-order chi connectivity index (χ0) is 24.2. The third-order valence-corrected chi connectivity index (χ3v) is 6.66. The van der Waals surface area contributed by atoms with Crippen molar-refractivity contribution in [3.8, 4) is 11.5 Å². The number of furan rings is 1. The number of halogens is 3. The second-order valence-corrected chi connectivity index (χ2v) is 10.0. The highest BCUT2D eigenvalue weighted by Crippen LogP contribution is 2.34. The molecule has 0 saturated heterocycles. The first-order valence-electron chi connectivity index (χ1n) is 10.1. The zero-order valence-electron chi connectivity index (χ0n) is 18.2. The van der Waals surface area contributed by atoms with Crippen LogP contribution in [-0.2, 0) is 6.61 Å². The van der Waals surface area contributed by atoms with Gasteiger partial charge in [-0.05, 0) is 74.7 Å². The van der Waals surface area contributed by atoms with E-state index in [1.807, 2.05) is 49.4 Å². The van der Waals surface area contributed by atoms with Crippen LogP contribution in [0.1, 0.15) is 27.2 Å². The Morgan fingerprint density at radius 3 is 2.53 bits per heavy atom. The van der Waals surface area contributed by atoms with E-state index >= 15 is 0 Å². The fourth-order valence-electron chi connectivity index (χ4n) is 3.17. The van der Waals surface area contributed by atoms with E-state index in [9.17, 15) is 4.79 Å². The molecular weight excluding hydrogens is 632 g/mol. The molecule has 3 aromatic carbocycles. The van der Waals surface area contributed by atoms with Crippen LogP contribution in [0, 0.1) is 6.92 Å². The lowest BCUT2D eigenvalue weighted by Gasteiger charge is -2.13. The van der Waals surface area contributed by atoms with Crippen molar-refractivity contribution >= 4 is 70.9 Å². The molecule has 4 aromatic rings. The molecule has 0 aliphatic carbocycles. The summed E-state index contributed by atoms with van der Waals surface area (Å²) in [5.74, 6) is 0.838. The molecule has 9 heteroatoms. The molecule has 6 nitrogen and oxygen atoms in total. The molecule has 34 heavy (non-hydrogen) atoms. The van der Waals surface area contributed by atoms with Gasteiger partial charge in [-0.3, -0.25) is 4.79 Å². The molecule has 0 spiro atoms. The van der Waals surface area contributed by atoms with Gasteiger partial charge in [0, 0.05) is 19.9 Å². The lowest BCUT2D eigenvalue weighted by Crippen LogP contribution is -2.16. The predicted molar refractivity (Wildman–Crippen MR) is 143 cm³/mol. The summed E-state index contributed by atoms with van der Waals surface area (Å²) in [6.07, 6.45) is 1.52. The number of nitrogens with zero attached hydrogens (tertiary/aromatic N) is 1. The average Bonchev–Trinajstić information content (AvgIpc) is 3.24. The molecule has 4 rings (SSSR count). The minimum absolute atomic E-state index is 0.155. The van der Waals surface area contributed by atoms with E-state index in [0.717, 1.165) is 24.4 Å². The van der Waals surface area contributed by atoms with Crippen molar-refractivity contribution in [2.75, 3.05) is 7.11 Å². The number of amides is 1. The van der Waals surface area contributed by atoms with Crippen LogP contribution in [0.15, 0.2) is 77.5 Å². The van der Waals surface area contributed by atoms with Crippen LogP contribution in [-0.4, -0.2) is 19.2 Å². The number of carbonyl (C=O) groups is 1. The number of hydrogen-bond donors (Lipinski definition) is 1. The molecule has 1 aromatic heterocycles. The highest BCUT2D eigenvalue weighted by molar-refractivity contribution is 9.11. The summed E-state index contributed by atoms with van der Waals surface area (Å²) < 4.78 is 19.5. The summed E-state index contributed by atoms with van der Waals surface area (Å²) in [4.78, 5) is 12.5. The van der Waals surface area contributed by atoms with Crippen molar-refractivity contribution in [3.05, 3.63) is 90.5 Å². The van der Waals surface area contributed by atoms with Crippen molar-refractivity contribution < 1.29 is 18.7 Å². The van der Waals surface area contributed by atoms with Crippen LogP contribution >= 0.6 is 47.8 Å². The van der Waals surface area contributed by atoms with Crippen LogP contribution < -0.4 is 14.9 Å². The molecular formula is C25H19Br3N2O4. The van der Waals surface area contributed by atoms with Gasteiger partial charge in [0.15, 0.2) is 17.3 Å². The van der Waals surface area contributed by atoms with Gasteiger partial charge >= 0.3 is 5.91 Å². The second kappa shape index (κ2) is 10.8. The number of ether oxygens (including phenoxy) is 2. The monoisotopic (exact) mass is 648 g/mol. The highest BCUT2D eigenvalue weighted by atomic mass is 79.9. The van der Waals surface area contributed by atoms with Gasteiger partial charge in [-0.1, -0.05) is 45.8 Å². The van der Waals surface area contributed by atoms with Gasteiger partial charge in [0.1, 0.15) is 12.2 Å². The van der Waals surface area contributed by atoms with Gasteiger partial charge in [0.25, 0.3) is 0 Å². The predicted octanol–water partition coefficient (Wildman–Crippen LogP) is 7.38. The Hall–Kier alpha value is -2.62. The third-order valence-electron chi connectivity index (χ3n) is 4.93. The number of carbonyl (C=O) groups excluding carboxylic acids is 1. The first-order valence-corrected chi connectivity index (χ1v) is 12.5. The lowest BCUT2D eigenvalue weighted by molar-refractivity contribution is 0.0929. The second-order valence-electron chi connectivity index (χ2n) is 7.41. The average molecular weight is 651 g/mol. The number of rotatable bonds is 7. The summed E-state index contributed by atoms with van der Waals surface area (Å²) in [5.41, 5.74) is 6.04. The van der Waals surface area contributed by atoms with Crippen molar-refractivity contribution in [1.82, 2.24) is 5.43 Å². The number of aryl methyl sites for hydroxylation is 1. The molecule has 174 valence electrons. The number of nitrogens with one attached hydrogen (secondary N) is 1. The Bertz CT molecular complexity index is 1380. The maximum Gasteiger partial charge on any atom is 0.307 e. The minimum Gasteiger partial charge on any atom is -0.493 e. The quantitative estimate of drug-likeness (QED) is 0.167. The molecule has 0 radical (unpaired) electrons. The van der Waals surface area contributed by atoms with E-state index in [2.05, 4.69) is 58.3 Å². The van der Waals surface area contributed by atoms with Crippen LogP contribution in [0.4, 0.5) is 0 Å². The fraction of sp³-hybridized carbons (Fsp3) is 0.120. The van der Waals surface area contributed by atoms with Gasteiger partial charge in [-0.15, -0.1) is 0 Å². The van der Waals surface area contributed by atoms with Crippen LogP contribution in [0.2, 0.25) is 0 Å². The maximum atomic E-state index is 12.5. The van der Waals surface area contributed by atoms with Crippen molar-refractivity contribution in [1.29, 1.82) is 0 Å². The van der Waals surface area contributed by atoms with E-state index in [1.165, 1.54) is 11.8 Å². The SMILES string of the molecule is COc1cc(/C=N\NC(=O)c2cc3cc(Br)cc(Br)c3o2)c(Br)cc1OCc1ccc(C)cc1. The Labute approximate surface area is 221 Å². The number of hydrogen-bond acceptors (Lipinski definition) is 5. The Morgan fingerprint density at radius 1 is 1.03 bits per heavy atom. The van der Waals surface area contributed by atoms with Crippen LogP contribution in [0.3, 0.4) is 0 Å². The maximum absolute atomic E-state index is 12.5. The molecule has 0 aliphatic heterocycles. The number of hydrazone groups is 1. The van der Waals surface area contributed by atoms with E-state index in [1.54, 1.807) is 19.2 Å². The molecule has 0 aliphatic rings. The molecule has 1 N–H and O–H groups in total. The van der Waals surface area contributed by atoms with Crippen LogP contribution in [0.25, 0.3) is 11.0 Å². The summed E-state index contributed by atoms with van der Waals surface area (Å²) in [5, 5.41) is 4.86. The topological polar surface area (TPSA) is 73.1 Å². The van der Waals surface area contributed by atoms with Gasteiger partial charge in [0.2, 0.25) is 0 Å². The Kier molecular flexibility index (Phi) is 7.75. The standard InChI is InChI=1S/C25H19Br3N2O4/c1-14-3-5-15(6-4-14)13-33-22-11-19(27)17(9-21(22)32-2)12-29-30-25(31)23-8-16-7-18(26)10-20(28)24(16)34-23/h3-12H,13H2,1-2H3,(H,30,31)/b29-12-. The lowest BCUT2D eigenvalue weighted by atomic mass is 10.2. The molecule has 0 saturated carbocycles. The molecule has 1 heterocycles. The summed E-state index contributed by atoms with van der Waals surface area (Å²) >= 11 is 10.4. The Balaban J connectivity index is 1.45. The number of fused-ring (bicyclic) bond motifs is 1. The minimum atomic E-state index is -0.461. The van der Waals surface area contributed by atoms with Crippen LogP contribution in [0.5, 0.6) is 11.5 Å². The summed E-state index contributed by atoms with van der Waals surface area (Å²) in [6, 6.07) is 17.1. The Morgan fingerprint density at radius 2 is 1.79 bits per heavy atom. The first-order chi connectivity index (χ1) is 16.3. The summed E-state index contributed by atoms with van der Waals surface area (Å²) in [7, 11) is 1.57. The molecule has 0 atom stereocenters. The van der Waals surface area contributed by atoms with Gasteiger partial charge < -0.3 is 13.9 Å². The van der Waals surface area contributed by atoms with Gasteiger partial charge in [-0.25, -0.2) is 5.43 Å². The molecule has 1 amide bonds. The third kappa shape index (κ3) is 5.71. The highest BCUT2D eigenvalue weighted by Gasteiger charge is 2.15. The van der Waals surface area contributed by atoms with Gasteiger partial charge in [0.05, 0.1) is 17.8 Å². The van der Waals surface area contributed by atoms with Crippen molar-refractivity contribution in [3.63, 3.8) is 0 Å². The molecule has 0 unspecified atom stereocenters. The zero-order valence-corrected chi connectivity index (χ0v) is 23.0. The summed E-state index contributed by atoms with van der Waals surface area (Å²) in [6.45, 7) is 2.46. The van der Waals surface area contributed by atoms with E-state index < -0.39 is 5.91 Å². The molecule has 0 fully saturated rings. The van der Waals surface area contributed by atoms with E-state index in [0.29, 0.717) is 29.3 Å². The molecule has 0 bridgehead atoms. The number of methoxy groups -OCH3 is 1.